The Balaban J connectivity index is 4.95. The molecule has 35 heavy (non-hydrogen) atoms. The van der Waals surface area contributed by atoms with E-state index in [-0.39, 0.29) is 38.5 Å². The number of hydrogen-bond acceptors (Lipinski definition) is 7. The molecular weight excluding hydrogens is 464 g/mol. The van der Waals surface area contributed by atoms with Crippen molar-refractivity contribution in [1.29, 1.82) is 0 Å². The van der Waals surface area contributed by atoms with Crippen molar-refractivity contribution in [2.45, 2.75) is 102 Å². The summed E-state index contributed by atoms with van der Waals surface area (Å²) >= 11 is 0. The lowest BCUT2D eigenvalue weighted by Crippen LogP contribution is -2.51. The molecule has 8 N–H and O–H groups in total. The van der Waals surface area contributed by atoms with E-state index in [0.29, 0.717) is 6.42 Å². The molecule has 0 aliphatic heterocycles. The second kappa shape index (κ2) is 17.2. The molecule has 13 nitrogen and oxygen atoms in total. The highest BCUT2D eigenvalue weighted by atomic mass is 16.4. The molecule has 0 heterocycles. The molecule has 0 saturated heterocycles. The molecule has 0 aromatic carbocycles. The fraction of sp³-hybridized carbons (Fsp3) is 0.727. The Morgan fingerprint density at radius 2 is 1.29 bits per heavy atom. The van der Waals surface area contributed by atoms with Crippen LogP contribution in [0, 0.1) is 0 Å². The zero-order chi connectivity index (χ0) is 27.0. The maximum Gasteiger partial charge on any atom is 0.326 e. The van der Waals surface area contributed by atoms with Crippen molar-refractivity contribution in [2.75, 3.05) is 0 Å². The highest BCUT2D eigenvalue weighted by molar-refractivity contribution is 5.90. The van der Waals surface area contributed by atoms with Crippen LogP contribution in [0.4, 0.5) is 0 Å². The Hall–Kier alpha value is -3.22. The molecule has 0 rings (SSSR count). The number of amides is 3. The van der Waals surface area contributed by atoms with E-state index in [2.05, 4.69) is 16.0 Å². The largest absolute Gasteiger partial charge is 0.480 e. The maximum absolute atomic E-state index is 12.5. The minimum absolute atomic E-state index is 0.0122. The van der Waals surface area contributed by atoms with E-state index >= 15 is 0 Å². The average molecular weight is 503 g/mol. The molecule has 0 fully saturated rings. The average Bonchev–Trinajstić information content (AvgIpc) is 2.78. The van der Waals surface area contributed by atoms with Crippen LogP contribution in [0.1, 0.15) is 78.1 Å². The first-order valence-corrected chi connectivity index (χ1v) is 11.7. The first-order valence-electron chi connectivity index (χ1n) is 11.7. The van der Waals surface area contributed by atoms with E-state index in [4.69, 9.17) is 15.9 Å². The van der Waals surface area contributed by atoms with Crippen molar-refractivity contribution in [1.82, 2.24) is 16.0 Å². The second-order valence-corrected chi connectivity index (χ2v) is 8.37. The van der Waals surface area contributed by atoms with E-state index in [0.717, 1.165) is 19.3 Å². The van der Waals surface area contributed by atoms with Crippen LogP contribution in [0.3, 0.4) is 0 Å². The van der Waals surface area contributed by atoms with Gasteiger partial charge in [-0.15, -0.1) is 0 Å². The van der Waals surface area contributed by atoms with E-state index in [1.807, 2.05) is 6.92 Å². The SMILES string of the molecule is CCCCCCC(=O)N[C@H](CCC(=O)N[C@@H](CCCC(N)C(=O)O)C(=O)N[C@H](C)C(=O)O)C(=O)O. The fourth-order valence-electron chi connectivity index (χ4n) is 3.09. The molecule has 0 spiro atoms. The highest BCUT2D eigenvalue weighted by Gasteiger charge is 2.26. The van der Waals surface area contributed by atoms with E-state index < -0.39 is 59.8 Å². The molecule has 0 aliphatic rings. The smallest absolute Gasteiger partial charge is 0.326 e. The minimum atomic E-state index is -1.30. The van der Waals surface area contributed by atoms with Crippen LogP contribution in [-0.2, 0) is 28.8 Å². The van der Waals surface area contributed by atoms with Crippen molar-refractivity contribution in [3.8, 4) is 0 Å². The maximum atomic E-state index is 12.5. The summed E-state index contributed by atoms with van der Waals surface area (Å²) in [5, 5.41) is 34.2. The number of hydrogen-bond donors (Lipinski definition) is 7. The summed E-state index contributed by atoms with van der Waals surface area (Å²) in [7, 11) is 0. The summed E-state index contributed by atoms with van der Waals surface area (Å²) in [6.45, 7) is 3.26. The van der Waals surface area contributed by atoms with Crippen molar-refractivity contribution in [2.24, 2.45) is 5.73 Å². The number of nitrogens with two attached hydrogens (primary N) is 1. The number of carboxylic acids is 3. The van der Waals surface area contributed by atoms with Crippen LogP contribution in [0.25, 0.3) is 0 Å². The van der Waals surface area contributed by atoms with Gasteiger partial charge in [-0.05, 0) is 39.0 Å². The number of rotatable bonds is 19. The van der Waals surface area contributed by atoms with Gasteiger partial charge in [-0.1, -0.05) is 26.2 Å². The lowest BCUT2D eigenvalue weighted by atomic mass is 10.0. The molecule has 13 heteroatoms. The molecule has 0 aliphatic carbocycles. The van der Waals surface area contributed by atoms with Crippen LogP contribution in [0.2, 0.25) is 0 Å². The lowest BCUT2D eigenvalue weighted by Gasteiger charge is -2.21. The highest BCUT2D eigenvalue weighted by Crippen LogP contribution is 2.07. The Kier molecular flexibility index (Phi) is 15.7. The van der Waals surface area contributed by atoms with Gasteiger partial charge in [0.15, 0.2) is 0 Å². The van der Waals surface area contributed by atoms with Gasteiger partial charge in [0.05, 0.1) is 0 Å². The fourth-order valence-corrected chi connectivity index (χ4v) is 3.09. The standard InChI is InChI=1S/C22H38N4O9/c1-3-4-5-6-10-17(27)26-16(22(34)35)11-12-18(28)25-15(9-7-8-14(23)21(32)33)19(29)24-13(2)20(30)31/h13-16H,3-12,23H2,1-2H3,(H,24,29)(H,25,28)(H,26,27)(H,30,31)(H,32,33)(H,34,35)/t13-,14?,15+,16-/m1/s1. The normalized spacial score (nSPS) is 14.1. The molecule has 3 amide bonds. The Bertz CT molecular complexity index is 744. The van der Waals surface area contributed by atoms with Crippen molar-refractivity contribution < 1.29 is 44.1 Å². The van der Waals surface area contributed by atoms with E-state index in [9.17, 15) is 33.9 Å². The van der Waals surface area contributed by atoms with Crippen LogP contribution in [0.5, 0.6) is 0 Å². The van der Waals surface area contributed by atoms with Gasteiger partial charge >= 0.3 is 17.9 Å². The molecule has 0 saturated carbocycles. The van der Waals surface area contributed by atoms with Crippen LogP contribution in [0.15, 0.2) is 0 Å². The summed E-state index contributed by atoms with van der Waals surface area (Å²) in [6, 6.07) is -4.85. The topological polar surface area (TPSA) is 225 Å². The minimum Gasteiger partial charge on any atom is -0.480 e. The van der Waals surface area contributed by atoms with E-state index in [1.165, 1.54) is 6.92 Å². The summed E-state index contributed by atoms with van der Waals surface area (Å²) in [5.41, 5.74) is 5.44. The Labute approximate surface area is 204 Å². The summed E-state index contributed by atoms with van der Waals surface area (Å²) in [4.78, 5) is 70.2. The predicted molar refractivity (Wildman–Crippen MR) is 124 cm³/mol. The summed E-state index contributed by atoms with van der Waals surface area (Å²) < 4.78 is 0. The number of nitrogens with one attached hydrogen (secondary N) is 3. The van der Waals surface area contributed by atoms with Gasteiger partial charge in [0, 0.05) is 12.8 Å². The molecule has 200 valence electrons. The van der Waals surface area contributed by atoms with Crippen molar-refractivity contribution in [3.05, 3.63) is 0 Å². The molecule has 0 aromatic heterocycles. The van der Waals surface area contributed by atoms with E-state index in [1.54, 1.807) is 0 Å². The number of aliphatic carboxylic acids is 3. The Morgan fingerprint density at radius 1 is 0.686 bits per heavy atom. The molecular formula is C22H38N4O9. The van der Waals surface area contributed by atoms with Gasteiger partial charge in [0.2, 0.25) is 17.7 Å². The van der Waals surface area contributed by atoms with Gasteiger partial charge in [0.25, 0.3) is 0 Å². The van der Waals surface area contributed by atoms with Crippen LogP contribution >= 0.6 is 0 Å². The number of carboxylic acid groups (broad SMARTS) is 3. The number of carbonyl (C=O) groups excluding carboxylic acids is 3. The number of carbonyl (C=O) groups is 6. The number of unbranched alkanes of at least 4 members (excludes halogenated alkanes) is 3. The predicted octanol–water partition coefficient (Wildman–Crippen LogP) is -0.0373. The van der Waals surface area contributed by atoms with Gasteiger partial charge in [-0.2, -0.15) is 0 Å². The monoisotopic (exact) mass is 502 g/mol. The van der Waals surface area contributed by atoms with Crippen LogP contribution in [-0.4, -0.2) is 75.1 Å². The first kappa shape index (κ1) is 31.8. The zero-order valence-electron chi connectivity index (χ0n) is 20.2. The van der Waals surface area contributed by atoms with Crippen molar-refractivity contribution in [3.63, 3.8) is 0 Å². The first-order chi connectivity index (χ1) is 16.4. The Morgan fingerprint density at radius 3 is 1.83 bits per heavy atom. The van der Waals surface area contributed by atoms with Gasteiger partial charge in [0.1, 0.15) is 24.2 Å². The second-order valence-electron chi connectivity index (χ2n) is 8.37. The lowest BCUT2D eigenvalue weighted by molar-refractivity contribution is -0.142. The molecule has 0 radical (unpaired) electrons. The van der Waals surface area contributed by atoms with Crippen molar-refractivity contribution >= 4 is 35.6 Å². The quantitative estimate of drug-likeness (QED) is 0.117. The third-order valence-electron chi connectivity index (χ3n) is 5.26. The van der Waals surface area contributed by atoms with Gasteiger partial charge in [-0.3, -0.25) is 24.0 Å². The molecule has 1 unspecified atom stereocenters. The third kappa shape index (κ3) is 14.6. The molecule has 4 atom stereocenters. The molecule has 0 bridgehead atoms. The third-order valence-corrected chi connectivity index (χ3v) is 5.26. The van der Waals surface area contributed by atoms with Crippen LogP contribution < -0.4 is 21.7 Å². The molecule has 0 aromatic rings. The van der Waals surface area contributed by atoms with Gasteiger partial charge < -0.3 is 37.0 Å². The summed E-state index contributed by atoms with van der Waals surface area (Å²) in [6.07, 6.45) is 3.25. The summed E-state index contributed by atoms with van der Waals surface area (Å²) in [5.74, 6) is -5.70. The zero-order valence-corrected chi connectivity index (χ0v) is 20.2. The van der Waals surface area contributed by atoms with Gasteiger partial charge in [-0.25, -0.2) is 4.79 Å².